The van der Waals surface area contributed by atoms with Crippen molar-refractivity contribution in [2.24, 2.45) is 4.99 Å². The van der Waals surface area contributed by atoms with Crippen LogP contribution < -0.4 is 5.32 Å². The number of para-hydroxylation sites is 1. The quantitative estimate of drug-likeness (QED) is 0.551. The van der Waals surface area contributed by atoms with Gasteiger partial charge in [-0.3, -0.25) is 19.6 Å². The summed E-state index contributed by atoms with van der Waals surface area (Å²) in [6.07, 6.45) is 5.99. The minimum atomic E-state index is 0.450. The molecule has 3 aromatic rings. The van der Waals surface area contributed by atoms with Gasteiger partial charge in [-0.1, -0.05) is 12.1 Å². The Balaban J connectivity index is 0.000000615. The van der Waals surface area contributed by atoms with Gasteiger partial charge in [0.15, 0.2) is 12.6 Å². The number of aliphatic hydroxyl groups is 1. The number of hydrogen-bond donors (Lipinski definition) is 2. The third-order valence-corrected chi connectivity index (χ3v) is 3.01. The maximum absolute atomic E-state index is 11.0. The van der Waals surface area contributed by atoms with E-state index >= 15 is 0 Å². The standard InChI is InChI=1S/C16H10N2O3.C2H7N.CH4O/c19-9-12-4-5-17-8-15(12)18-7-14-6-11-2-1-3-13(10-20)16(11)21-14;1-3-2;1-2/h1-10H;3H,1-2H3;2H,1H3. The van der Waals surface area contributed by atoms with Crippen molar-refractivity contribution in [1.29, 1.82) is 0 Å². The number of rotatable bonds is 4. The van der Waals surface area contributed by atoms with Crippen LogP contribution in [0.4, 0.5) is 5.69 Å². The van der Waals surface area contributed by atoms with Crippen LogP contribution in [0.25, 0.3) is 11.0 Å². The molecular formula is C19H21N3O4. The number of nitrogens with one attached hydrogen (secondary N) is 1. The summed E-state index contributed by atoms with van der Waals surface area (Å²) in [7, 11) is 4.75. The van der Waals surface area contributed by atoms with Gasteiger partial charge in [0.1, 0.15) is 11.3 Å². The second-order valence-electron chi connectivity index (χ2n) is 4.84. The van der Waals surface area contributed by atoms with Crippen molar-refractivity contribution >= 4 is 35.4 Å². The van der Waals surface area contributed by atoms with Gasteiger partial charge < -0.3 is 14.8 Å². The maximum atomic E-state index is 11.0. The lowest BCUT2D eigenvalue weighted by Crippen LogP contribution is -1.89. The summed E-state index contributed by atoms with van der Waals surface area (Å²) in [6, 6.07) is 8.69. The van der Waals surface area contributed by atoms with E-state index in [1.807, 2.05) is 20.2 Å². The number of nitrogens with zero attached hydrogens (tertiary/aromatic N) is 2. The number of carbonyl (C=O) groups is 2. The highest BCUT2D eigenvalue weighted by Gasteiger charge is 2.06. The van der Waals surface area contributed by atoms with E-state index in [9.17, 15) is 9.59 Å². The first kappa shape index (κ1) is 20.9. The number of aliphatic hydroxyl groups excluding tert-OH is 1. The molecule has 0 unspecified atom stereocenters. The normalized spacial score (nSPS) is 9.85. The van der Waals surface area contributed by atoms with Crippen LogP contribution in [-0.4, -0.2) is 50.1 Å². The Kier molecular flexibility index (Phi) is 9.16. The van der Waals surface area contributed by atoms with Crippen molar-refractivity contribution in [2.75, 3.05) is 21.2 Å². The number of benzene rings is 1. The van der Waals surface area contributed by atoms with E-state index in [0.29, 0.717) is 28.2 Å². The maximum Gasteiger partial charge on any atom is 0.153 e. The number of pyridine rings is 1. The Morgan fingerprint density at radius 2 is 1.81 bits per heavy atom. The van der Waals surface area contributed by atoms with E-state index in [1.165, 1.54) is 18.6 Å². The van der Waals surface area contributed by atoms with Crippen LogP contribution in [0.1, 0.15) is 26.5 Å². The van der Waals surface area contributed by atoms with E-state index in [2.05, 4.69) is 15.3 Å². The molecule has 0 bridgehead atoms. The average Bonchev–Trinajstić information content (AvgIpc) is 3.12. The average molecular weight is 355 g/mol. The summed E-state index contributed by atoms with van der Waals surface area (Å²) >= 11 is 0. The van der Waals surface area contributed by atoms with Gasteiger partial charge in [-0.2, -0.15) is 0 Å². The summed E-state index contributed by atoms with van der Waals surface area (Å²) in [6.45, 7) is 0. The highest BCUT2D eigenvalue weighted by molar-refractivity contribution is 5.97. The molecule has 136 valence electrons. The van der Waals surface area contributed by atoms with Gasteiger partial charge in [-0.25, -0.2) is 0 Å². The van der Waals surface area contributed by atoms with E-state index < -0.39 is 0 Å². The van der Waals surface area contributed by atoms with Gasteiger partial charge in [0, 0.05) is 24.3 Å². The zero-order valence-corrected chi connectivity index (χ0v) is 14.8. The minimum Gasteiger partial charge on any atom is -0.454 e. The Labute approximate surface area is 151 Å². The number of fused-ring (bicyclic) bond motifs is 1. The van der Waals surface area contributed by atoms with E-state index in [-0.39, 0.29) is 0 Å². The van der Waals surface area contributed by atoms with Crippen molar-refractivity contribution in [3.05, 3.63) is 59.6 Å². The fourth-order valence-electron chi connectivity index (χ4n) is 2.00. The first-order valence-corrected chi connectivity index (χ1v) is 7.67. The van der Waals surface area contributed by atoms with E-state index in [1.54, 1.807) is 24.3 Å². The molecule has 0 saturated heterocycles. The lowest BCUT2D eigenvalue weighted by atomic mass is 10.2. The number of hydrogen-bond acceptors (Lipinski definition) is 7. The molecule has 0 radical (unpaired) electrons. The van der Waals surface area contributed by atoms with Crippen LogP contribution in [0, 0.1) is 0 Å². The first-order valence-electron chi connectivity index (χ1n) is 7.67. The van der Waals surface area contributed by atoms with Crippen LogP contribution >= 0.6 is 0 Å². The molecule has 7 heteroatoms. The van der Waals surface area contributed by atoms with Crippen LogP contribution in [0.2, 0.25) is 0 Å². The molecular weight excluding hydrogens is 334 g/mol. The highest BCUT2D eigenvalue weighted by atomic mass is 16.3. The second kappa shape index (κ2) is 11.4. The molecule has 2 N–H and O–H groups in total. The Bertz CT molecular complexity index is 872. The lowest BCUT2D eigenvalue weighted by molar-refractivity contribution is 0.111. The Morgan fingerprint density at radius 3 is 2.46 bits per heavy atom. The van der Waals surface area contributed by atoms with Crippen LogP contribution in [0.5, 0.6) is 0 Å². The smallest absolute Gasteiger partial charge is 0.153 e. The highest BCUT2D eigenvalue weighted by Crippen LogP contribution is 2.22. The monoisotopic (exact) mass is 355 g/mol. The first-order chi connectivity index (χ1) is 12.7. The largest absolute Gasteiger partial charge is 0.454 e. The van der Waals surface area contributed by atoms with Gasteiger partial charge in [-0.15, -0.1) is 0 Å². The third kappa shape index (κ3) is 5.44. The second-order valence-corrected chi connectivity index (χ2v) is 4.84. The van der Waals surface area contributed by atoms with Gasteiger partial charge in [0.05, 0.1) is 23.7 Å². The summed E-state index contributed by atoms with van der Waals surface area (Å²) < 4.78 is 5.60. The molecule has 2 aromatic heterocycles. The topological polar surface area (TPSA) is 105 Å². The number of aromatic nitrogens is 1. The number of carbonyl (C=O) groups excluding carboxylic acids is 2. The molecule has 3 rings (SSSR count). The fraction of sp³-hybridized carbons (Fsp3) is 0.158. The molecule has 0 spiro atoms. The van der Waals surface area contributed by atoms with Gasteiger partial charge >= 0.3 is 0 Å². The van der Waals surface area contributed by atoms with Crippen molar-refractivity contribution in [3.8, 4) is 0 Å². The molecule has 0 aliphatic carbocycles. The van der Waals surface area contributed by atoms with Crippen LogP contribution in [0.3, 0.4) is 0 Å². The molecule has 0 aliphatic rings. The van der Waals surface area contributed by atoms with Gasteiger partial charge in [0.2, 0.25) is 0 Å². The lowest BCUT2D eigenvalue weighted by Gasteiger charge is -1.95. The molecule has 0 amide bonds. The van der Waals surface area contributed by atoms with Crippen molar-refractivity contribution < 1.29 is 19.1 Å². The third-order valence-electron chi connectivity index (χ3n) is 3.01. The molecule has 1 aromatic carbocycles. The molecule has 0 aliphatic heterocycles. The Hall–Kier alpha value is -3.16. The van der Waals surface area contributed by atoms with Gasteiger partial charge in [0.25, 0.3) is 0 Å². The number of furan rings is 1. The van der Waals surface area contributed by atoms with E-state index in [0.717, 1.165) is 25.1 Å². The predicted octanol–water partition coefficient (Wildman–Crippen LogP) is 2.65. The summed E-state index contributed by atoms with van der Waals surface area (Å²) in [5, 5.41) is 10.6. The molecule has 2 heterocycles. The number of aldehydes is 2. The Morgan fingerprint density at radius 1 is 1.12 bits per heavy atom. The van der Waals surface area contributed by atoms with Crippen LogP contribution in [-0.2, 0) is 0 Å². The molecule has 26 heavy (non-hydrogen) atoms. The minimum absolute atomic E-state index is 0.450. The van der Waals surface area contributed by atoms with Crippen LogP contribution in [0.15, 0.2) is 52.1 Å². The molecule has 0 fully saturated rings. The van der Waals surface area contributed by atoms with Crippen molar-refractivity contribution in [2.45, 2.75) is 0 Å². The summed E-state index contributed by atoms with van der Waals surface area (Å²) in [5.74, 6) is 0.500. The molecule has 7 nitrogen and oxygen atoms in total. The molecule has 0 atom stereocenters. The van der Waals surface area contributed by atoms with Gasteiger partial charge in [-0.05, 0) is 32.3 Å². The SMILES string of the molecule is CNC.CO.O=Cc1ccncc1N=Cc1cc2cccc(C=O)c2o1. The van der Waals surface area contributed by atoms with E-state index in [4.69, 9.17) is 9.52 Å². The van der Waals surface area contributed by atoms with Crippen molar-refractivity contribution in [3.63, 3.8) is 0 Å². The number of aliphatic imine (C=N–C) groups is 1. The van der Waals surface area contributed by atoms with Crippen molar-refractivity contribution in [1.82, 2.24) is 10.3 Å². The zero-order chi connectivity index (χ0) is 19.4. The molecule has 0 saturated carbocycles. The summed E-state index contributed by atoms with van der Waals surface area (Å²) in [4.78, 5) is 30.0. The zero-order valence-electron chi connectivity index (χ0n) is 14.8. The predicted molar refractivity (Wildman–Crippen MR) is 102 cm³/mol. The fourth-order valence-corrected chi connectivity index (χ4v) is 2.00. The summed E-state index contributed by atoms with van der Waals surface area (Å²) in [5.41, 5.74) is 1.92.